The number of hydrogen-bond acceptors (Lipinski definition) is 1. The van der Waals surface area contributed by atoms with Gasteiger partial charge in [0.25, 0.3) is 0 Å². The first-order valence-corrected chi connectivity index (χ1v) is 6.76. The Balaban J connectivity index is 1.79. The first kappa shape index (κ1) is 11.1. The van der Waals surface area contributed by atoms with E-state index in [1.165, 1.54) is 44.3 Å². The fourth-order valence-corrected chi connectivity index (χ4v) is 3.29. The summed E-state index contributed by atoms with van der Waals surface area (Å²) >= 11 is 0. The zero-order valence-electron chi connectivity index (χ0n) is 10.7. The van der Waals surface area contributed by atoms with Crippen LogP contribution < -0.4 is 0 Å². The monoisotopic (exact) mass is 225 g/mol. The Kier molecular flexibility index (Phi) is 3.06. The second kappa shape index (κ2) is 4.69. The third-order valence-corrected chi connectivity index (χ3v) is 4.31. The number of hydrogen-bond donors (Lipinski definition) is 0. The lowest BCUT2D eigenvalue weighted by Gasteiger charge is -2.34. The highest BCUT2D eigenvalue weighted by Gasteiger charge is 2.25. The predicted molar refractivity (Wildman–Crippen MR) is 74.8 cm³/mol. The van der Waals surface area contributed by atoms with E-state index in [1.807, 2.05) is 0 Å². The van der Waals surface area contributed by atoms with Gasteiger partial charge in [-0.2, -0.15) is 0 Å². The second-order valence-corrected chi connectivity index (χ2v) is 5.55. The molecule has 0 spiro atoms. The van der Waals surface area contributed by atoms with Crippen LogP contribution in [0, 0.1) is 0 Å². The van der Waals surface area contributed by atoms with Crippen molar-refractivity contribution in [2.24, 2.45) is 0 Å². The summed E-state index contributed by atoms with van der Waals surface area (Å²) in [5.74, 6) is 0.765. The molecule has 0 N–H and O–H groups in total. The standard InChI is InChI=1S/C15H20BN/c16-17-9-8-13-6-7-14(10-15(13)11-17)12-4-2-1-3-5-12/h1-5,14H,6-11,16H2. The number of rotatable bonds is 1. The molecule has 0 bridgehead atoms. The van der Waals surface area contributed by atoms with Gasteiger partial charge >= 0.3 is 0 Å². The van der Waals surface area contributed by atoms with Crippen molar-refractivity contribution in [2.75, 3.05) is 13.1 Å². The molecule has 0 radical (unpaired) electrons. The molecule has 17 heavy (non-hydrogen) atoms. The lowest BCUT2D eigenvalue weighted by molar-refractivity contribution is 0.417. The summed E-state index contributed by atoms with van der Waals surface area (Å²) in [6.45, 7) is 2.47. The minimum absolute atomic E-state index is 0.765. The van der Waals surface area contributed by atoms with Crippen LogP contribution in [0.4, 0.5) is 0 Å². The molecule has 0 amide bonds. The van der Waals surface area contributed by atoms with Crippen LogP contribution in [-0.4, -0.2) is 25.9 Å². The summed E-state index contributed by atoms with van der Waals surface area (Å²) in [7, 11) is 2.25. The van der Waals surface area contributed by atoms with Crippen molar-refractivity contribution in [2.45, 2.75) is 31.6 Å². The molecule has 1 nitrogen and oxygen atoms in total. The van der Waals surface area contributed by atoms with Crippen molar-refractivity contribution >= 4 is 7.98 Å². The van der Waals surface area contributed by atoms with E-state index in [-0.39, 0.29) is 0 Å². The van der Waals surface area contributed by atoms with Crippen molar-refractivity contribution < 1.29 is 0 Å². The first-order valence-electron chi connectivity index (χ1n) is 6.76. The third-order valence-electron chi connectivity index (χ3n) is 4.31. The van der Waals surface area contributed by atoms with Crippen molar-refractivity contribution in [1.29, 1.82) is 0 Å². The molecule has 1 heterocycles. The SMILES string of the molecule is BN1CCC2=C(CC(c3ccccc3)CC2)C1. The van der Waals surface area contributed by atoms with Crippen LogP contribution in [0.3, 0.4) is 0 Å². The molecular formula is C15H20BN. The van der Waals surface area contributed by atoms with Gasteiger partial charge in [-0.15, -0.1) is 0 Å². The summed E-state index contributed by atoms with van der Waals surface area (Å²) in [5.41, 5.74) is 5.04. The molecule has 1 unspecified atom stereocenters. The topological polar surface area (TPSA) is 3.24 Å². The molecule has 0 saturated heterocycles. The van der Waals surface area contributed by atoms with Crippen LogP contribution in [-0.2, 0) is 0 Å². The Morgan fingerprint density at radius 3 is 2.71 bits per heavy atom. The molecule has 1 aromatic rings. The Hall–Kier alpha value is -1.02. The minimum Gasteiger partial charge on any atom is -0.345 e. The lowest BCUT2D eigenvalue weighted by Crippen LogP contribution is -2.31. The summed E-state index contributed by atoms with van der Waals surface area (Å²) in [4.78, 5) is 2.46. The van der Waals surface area contributed by atoms with Crippen LogP contribution in [0.15, 0.2) is 41.5 Å². The zero-order chi connectivity index (χ0) is 11.7. The summed E-state index contributed by atoms with van der Waals surface area (Å²) in [6, 6.07) is 11.1. The highest BCUT2D eigenvalue weighted by Crippen LogP contribution is 2.38. The highest BCUT2D eigenvalue weighted by molar-refractivity contribution is 6.04. The average molecular weight is 225 g/mol. The molecule has 1 aromatic carbocycles. The van der Waals surface area contributed by atoms with Gasteiger partial charge in [-0.25, -0.2) is 0 Å². The number of nitrogens with zero attached hydrogens (tertiary/aromatic N) is 1. The maximum absolute atomic E-state index is 2.46. The summed E-state index contributed by atoms with van der Waals surface area (Å²) < 4.78 is 0. The normalized spacial score (nSPS) is 25.8. The summed E-state index contributed by atoms with van der Waals surface area (Å²) in [6.07, 6.45) is 5.30. The van der Waals surface area contributed by atoms with Gasteiger partial charge in [0.2, 0.25) is 0 Å². The molecular weight excluding hydrogens is 205 g/mol. The van der Waals surface area contributed by atoms with Gasteiger partial charge in [-0.3, -0.25) is 0 Å². The quantitative estimate of drug-likeness (QED) is 0.524. The van der Waals surface area contributed by atoms with Crippen LogP contribution in [0.2, 0.25) is 0 Å². The number of benzene rings is 1. The van der Waals surface area contributed by atoms with E-state index in [2.05, 4.69) is 43.1 Å². The molecule has 1 atom stereocenters. The zero-order valence-corrected chi connectivity index (χ0v) is 10.7. The Morgan fingerprint density at radius 1 is 1.06 bits per heavy atom. The van der Waals surface area contributed by atoms with Gasteiger partial charge in [0.05, 0.1) is 0 Å². The van der Waals surface area contributed by atoms with Gasteiger partial charge in [0.15, 0.2) is 7.98 Å². The minimum atomic E-state index is 0.765. The van der Waals surface area contributed by atoms with Gasteiger partial charge < -0.3 is 4.81 Å². The van der Waals surface area contributed by atoms with E-state index in [0.29, 0.717) is 0 Å². The highest BCUT2D eigenvalue weighted by atomic mass is 15.0. The first-order chi connectivity index (χ1) is 8.33. The van der Waals surface area contributed by atoms with Crippen LogP contribution in [0.1, 0.15) is 37.2 Å². The van der Waals surface area contributed by atoms with Gasteiger partial charge in [0.1, 0.15) is 0 Å². The van der Waals surface area contributed by atoms with E-state index in [1.54, 1.807) is 11.1 Å². The van der Waals surface area contributed by atoms with Crippen molar-refractivity contribution in [1.82, 2.24) is 4.81 Å². The average Bonchev–Trinajstić information content (AvgIpc) is 2.39. The van der Waals surface area contributed by atoms with E-state index in [0.717, 1.165) is 5.92 Å². The smallest absolute Gasteiger partial charge is 0.185 e. The molecule has 1 aliphatic heterocycles. The Labute approximate surface area is 105 Å². The van der Waals surface area contributed by atoms with E-state index in [9.17, 15) is 0 Å². The van der Waals surface area contributed by atoms with Crippen molar-refractivity contribution in [3.8, 4) is 0 Å². The summed E-state index contributed by atoms with van der Waals surface area (Å²) in [5, 5.41) is 0. The Morgan fingerprint density at radius 2 is 1.88 bits per heavy atom. The van der Waals surface area contributed by atoms with Crippen LogP contribution >= 0.6 is 0 Å². The maximum atomic E-state index is 2.46. The molecule has 1 aliphatic carbocycles. The fourth-order valence-electron chi connectivity index (χ4n) is 3.29. The fraction of sp³-hybridized carbons (Fsp3) is 0.467. The molecule has 0 fully saturated rings. The maximum Gasteiger partial charge on any atom is 0.185 e. The van der Waals surface area contributed by atoms with Gasteiger partial charge in [-0.1, -0.05) is 41.5 Å². The predicted octanol–water partition coefficient (Wildman–Crippen LogP) is 2.50. The molecule has 0 saturated carbocycles. The van der Waals surface area contributed by atoms with Crippen molar-refractivity contribution in [3.63, 3.8) is 0 Å². The third kappa shape index (κ3) is 2.32. The van der Waals surface area contributed by atoms with Crippen molar-refractivity contribution in [3.05, 3.63) is 47.0 Å². The van der Waals surface area contributed by atoms with Crippen LogP contribution in [0.5, 0.6) is 0 Å². The van der Waals surface area contributed by atoms with Gasteiger partial charge in [-0.05, 0) is 43.7 Å². The van der Waals surface area contributed by atoms with Gasteiger partial charge in [0, 0.05) is 6.54 Å². The molecule has 0 aromatic heterocycles. The molecule has 3 rings (SSSR count). The molecule has 88 valence electrons. The lowest BCUT2D eigenvalue weighted by atomic mass is 9.77. The molecule has 2 aliphatic rings. The van der Waals surface area contributed by atoms with E-state index < -0.39 is 0 Å². The van der Waals surface area contributed by atoms with E-state index in [4.69, 9.17) is 0 Å². The van der Waals surface area contributed by atoms with E-state index >= 15 is 0 Å². The largest absolute Gasteiger partial charge is 0.345 e. The second-order valence-electron chi connectivity index (χ2n) is 5.55. The Bertz CT molecular complexity index is 424. The van der Waals surface area contributed by atoms with Crippen LogP contribution in [0.25, 0.3) is 0 Å². The molecule has 2 heteroatoms.